The van der Waals surface area contributed by atoms with Crippen molar-refractivity contribution in [1.82, 2.24) is 9.78 Å². The summed E-state index contributed by atoms with van der Waals surface area (Å²) in [5.74, 6) is 0. The minimum Gasteiger partial charge on any atom is -0.295 e. The molecule has 0 saturated heterocycles. The highest BCUT2D eigenvalue weighted by Crippen LogP contribution is 2.34. The van der Waals surface area contributed by atoms with Gasteiger partial charge >= 0.3 is 0 Å². The van der Waals surface area contributed by atoms with Gasteiger partial charge in [-0.3, -0.25) is 20.0 Å². The summed E-state index contributed by atoms with van der Waals surface area (Å²) >= 11 is 6.67. The molecule has 28 heavy (non-hydrogen) atoms. The van der Waals surface area contributed by atoms with Crippen LogP contribution in [0.25, 0.3) is 5.69 Å². The Balaban J connectivity index is 2.09. The zero-order chi connectivity index (χ0) is 20.6. The van der Waals surface area contributed by atoms with Crippen molar-refractivity contribution in [2.24, 2.45) is 4.99 Å². The monoisotopic (exact) mass is 506 g/mol. The van der Waals surface area contributed by atoms with Gasteiger partial charge in [0.1, 0.15) is 5.69 Å². The Labute approximate surface area is 177 Å². The second-order valence-electron chi connectivity index (χ2n) is 6.33. The molecule has 0 fully saturated rings. The lowest BCUT2D eigenvalue weighted by atomic mass is 10.1. The van der Waals surface area contributed by atoms with Crippen LogP contribution in [0, 0.1) is 30.9 Å². The Kier molecular flexibility index (Phi) is 5.66. The maximum atomic E-state index is 12.9. The summed E-state index contributed by atoms with van der Waals surface area (Å²) in [6.07, 6.45) is 1.38. The second-order valence-corrected chi connectivity index (χ2v) is 8.16. The molecular formula is C19H16Br2N4O3. The lowest BCUT2D eigenvalue weighted by Gasteiger charge is -2.06. The molecule has 0 bridgehead atoms. The number of hydrogen-bond acceptors (Lipinski definition) is 4. The maximum absolute atomic E-state index is 12.9. The molecule has 0 atom stereocenters. The van der Waals surface area contributed by atoms with Gasteiger partial charge in [0.05, 0.1) is 16.2 Å². The van der Waals surface area contributed by atoms with E-state index in [0.717, 1.165) is 15.7 Å². The maximum Gasteiger partial charge on any atom is 0.296 e. The van der Waals surface area contributed by atoms with Gasteiger partial charge in [0, 0.05) is 26.9 Å². The van der Waals surface area contributed by atoms with Crippen molar-refractivity contribution in [1.29, 1.82) is 0 Å². The number of aromatic amines is 1. The van der Waals surface area contributed by atoms with E-state index in [1.807, 2.05) is 25.1 Å². The zero-order valence-corrected chi connectivity index (χ0v) is 18.5. The zero-order valence-electron chi connectivity index (χ0n) is 15.3. The molecule has 3 rings (SSSR count). The molecule has 0 aliphatic rings. The average Bonchev–Trinajstić information content (AvgIpc) is 2.88. The van der Waals surface area contributed by atoms with E-state index in [-0.39, 0.29) is 16.9 Å². The third-order valence-corrected chi connectivity index (χ3v) is 5.23. The number of benzene rings is 2. The fraction of sp³-hybridized carbons (Fsp3) is 0.158. The summed E-state index contributed by atoms with van der Waals surface area (Å²) in [6, 6.07) is 8.75. The fourth-order valence-electron chi connectivity index (χ4n) is 2.91. The molecule has 9 heteroatoms. The normalized spacial score (nSPS) is 11.3. The molecule has 0 unspecified atom stereocenters. The van der Waals surface area contributed by atoms with Crippen molar-refractivity contribution in [3.63, 3.8) is 0 Å². The number of nitrogens with zero attached hydrogens (tertiary/aromatic N) is 3. The summed E-state index contributed by atoms with van der Waals surface area (Å²) in [4.78, 5) is 28.0. The van der Waals surface area contributed by atoms with Gasteiger partial charge in [0.15, 0.2) is 0 Å². The first-order chi connectivity index (χ1) is 13.2. The van der Waals surface area contributed by atoms with E-state index in [0.29, 0.717) is 21.3 Å². The van der Waals surface area contributed by atoms with Crippen LogP contribution in [-0.2, 0) is 0 Å². The van der Waals surface area contributed by atoms with Crippen molar-refractivity contribution in [2.75, 3.05) is 0 Å². The predicted octanol–water partition coefficient (Wildman–Crippen LogP) is 5.27. The van der Waals surface area contributed by atoms with Crippen LogP contribution in [0.4, 0.5) is 11.4 Å². The van der Waals surface area contributed by atoms with Gasteiger partial charge in [-0.05, 0) is 56.2 Å². The standard InChI is InChI=1S/C19H16Br2N4O3/c1-10-6-13(20)4-5-16(10)24-19(26)15(12(3)23-24)9-22-18-11(2)7-14(21)8-17(18)25(27)28/h4-9,23H,1-3H3. The van der Waals surface area contributed by atoms with Crippen molar-refractivity contribution in [3.05, 3.63) is 82.1 Å². The lowest BCUT2D eigenvalue weighted by molar-refractivity contribution is -0.384. The molecular weight excluding hydrogens is 492 g/mol. The minimum atomic E-state index is -0.488. The molecule has 0 aliphatic heterocycles. The van der Waals surface area contributed by atoms with Crippen molar-refractivity contribution < 1.29 is 4.92 Å². The first-order valence-corrected chi connectivity index (χ1v) is 9.84. The van der Waals surface area contributed by atoms with Gasteiger partial charge in [0.2, 0.25) is 0 Å². The predicted molar refractivity (Wildman–Crippen MR) is 116 cm³/mol. The largest absolute Gasteiger partial charge is 0.296 e. The van der Waals surface area contributed by atoms with Gasteiger partial charge < -0.3 is 0 Å². The molecule has 1 aromatic heterocycles. The van der Waals surface area contributed by atoms with E-state index in [9.17, 15) is 14.9 Å². The van der Waals surface area contributed by atoms with Gasteiger partial charge in [-0.1, -0.05) is 31.9 Å². The molecule has 0 radical (unpaired) electrons. The Bertz CT molecular complexity index is 1180. The summed E-state index contributed by atoms with van der Waals surface area (Å²) in [6.45, 7) is 5.40. The minimum absolute atomic E-state index is 0.125. The number of nitro groups is 1. The molecule has 0 spiro atoms. The van der Waals surface area contributed by atoms with Crippen LogP contribution in [0.15, 0.2) is 49.1 Å². The topological polar surface area (TPSA) is 93.3 Å². The van der Waals surface area contributed by atoms with Crippen molar-refractivity contribution in [2.45, 2.75) is 20.8 Å². The highest BCUT2D eigenvalue weighted by Gasteiger charge is 2.18. The average molecular weight is 508 g/mol. The molecule has 1 heterocycles. The van der Waals surface area contributed by atoms with Gasteiger partial charge in [-0.25, -0.2) is 9.67 Å². The molecule has 7 nitrogen and oxygen atoms in total. The molecule has 1 N–H and O–H groups in total. The SMILES string of the molecule is Cc1cc(Br)ccc1-n1[nH]c(C)c(C=Nc2c(C)cc(Br)cc2[N+](=O)[O-])c1=O. The van der Waals surface area contributed by atoms with Crippen LogP contribution >= 0.6 is 31.9 Å². The van der Waals surface area contributed by atoms with Crippen LogP contribution in [0.3, 0.4) is 0 Å². The van der Waals surface area contributed by atoms with Crippen molar-refractivity contribution in [3.8, 4) is 5.69 Å². The summed E-state index contributed by atoms with van der Waals surface area (Å²) in [5, 5.41) is 14.4. The molecule has 0 aliphatic carbocycles. The first kappa shape index (κ1) is 20.2. The third-order valence-electron chi connectivity index (χ3n) is 4.28. The van der Waals surface area contributed by atoms with Gasteiger partial charge in [0.25, 0.3) is 11.2 Å². The number of rotatable bonds is 4. The van der Waals surface area contributed by atoms with Gasteiger partial charge in [-0.2, -0.15) is 0 Å². The van der Waals surface area contributed by atoms with E-state index in [2.05, 4.69) is 42.0 Å². The number of aliphatic imine (C=N–C) groups is 1. The van der Waals surface area contributed by atoms with E-state index in [1.54, 1.807) is 19.9 Å². The summed E-state index contributed by atoms with van der Waals surface area (Å²) in [5.41, 5.74) is 3.06. The number of halogens is 2. The Morgan fingerprint density at radius 3 is 2.43 bits per heavy atom. The quantitative estimate of drug-likeness (QED) is 0.296. The van der Waals surface area contributed by atoms with E-state index in [4.69, 9.17) is 0 Å². The summed E-state index contributed by atoms with van der Waals surface area (Å²) in [7, 11) is 0. The number of aromatic nitrogens is 2. The molecule has 2 aromatic carbocycles. The van der Waals surface area contributed by atoms with Crippen LogP contribution in [-0.4, -0.2) is 20.9 Å². The fourth-order valence-corrected chi connectivity index (χ4v) is 3.94. The highest BCUT2D eigenvalue weighted by atomic mass is 79.9. The Hall–Kier alpha value is -2.52. The smallest absolute Gasteiger partial charge is 0.295 e. The van der Waals surface area contributed by atoms with Crippen LogP contribution in [0.1, 0.15) is 22.4 Å². The Morgan fingerprint density at radius 1 is 1.11 bits per heavy atom. The van der Waals surface area contributed by atoms with Crippen molar-refractivity contribution >= 4 is 49.4 Å². The molecule has 144 valence electrons. The van der Waals surface area contributed by atoms with Crippen LogP contribution in [0.5, 0.6) is 0 Å². The van der Waals surface area contributed by atoms with Gasteiger partial charge in [-0.15, -0.1) is 0 Å². The van der Waals surface area contributed by atoms with Crippen LogP contribution in [0.2, 0.25) is 0 Å². The number of nitro benzene ring substituents is 1. The first-order valence-electron chi connectivity index (χ1n) is 8.25. The molecule has 3 aromatic rings. The third kappa shape index (κ3) is 3.85. The van der Waals surface area contributed by atoms with E-state index < -0.39 is 4.92 Å². The van der Waals surface area contributed by atoms with E-state index >= 15 is 0 Å². The van der Waals surface area contributed by atoms with Crippen LogP contribution < -0.4 is 5.56 Å². The lowest BCUT2D eigenvalue weighted by Crippen LogP contribution is -2.18. The highest BCUT2D eigenvalue weighted by molar-refractivity contribution is 9.10. The molecule has 0 saturated carbocycles. The number of nitrogens with one attached hydrogen (secondary N) is 1. The Morgan fingerprint density at radius 2 is 1.79 bits per heavy atom. The number of hydrogen-bond donors (Lipinski definition) is 1. The summed E-state index contributed by atoms with van der Waals surface area (Å²) < 4.78 is 2.97. The second kappa shape index (κ2) is 7.84. The van der Waals surface area contributed by atoms with E-state index in [1.165, 1.54) is 17.0 Å². The molecule has 0 amide bonds. The number of aryl methyl sites for hydroxylation is 3. The number of H-pyrrole nitrogens is 1.